The smallest absolute Gasteiger partial charge is 0.228 e. The van der Waals surface area contributed by atoms with Crippen LogP contribution in [-0.4, -0.2) is 84.5 Å². The Morgan fingerprint density at radius 3 is 2.69 bits per heavy atom. The van der Waals surface area contributed by atoms with Gasteiger partial charge in [0.25, 0.3) is 0 Å². The van der Waals surface area contributed by atoms with Crippen molar-refractivity contribution in [2.24, 2.45) is 0 Å². The van der Waals surface area contributed by atoms with Crippen molar-refractivity contribution in [2.45, 2.75) is 13.0 Å². The molecule has 0 unspecified atom stereocenters. The molecule has 2 aliphatic rings. The Kier molecular flexibility index (Phi) is 6.53. The van der Waals surface area contributed by atoms with Gasteiger partial charge in [-0.2, -0.15) is 0 Å². The summed E-state index contributed by atoms with van der Waals surface area (Å²) in [5.74, 6) is 0.0773. The third-order valence-electron chi connectivity index (χ3n) is 5.38. The number of thiazole rings is 1. The number of carbonyl (C=O) groups is 2. The van der Waals surface area contributed by atoms with E-state index >= 15 is 0 Å². The molecule has 2 amide bonds. The van der Waals surface area contributed by atoms with E-state index in [0.29, 0.717) is 32.6 Å². The zero-order valence-corrected chi connectivity index (χ0v) is 17.3. The Balaban J connectivity index is 1.36. The summed E-state index contributed by atoms with van der Waals surface area (Å²) in [6, 6.07) is 8.49. The molecule has 8 heteroatoms. The first-order chi connectivity index (χ1) is 14.2. The highest BCUT2D eigenvalue weighted by molar-refractivity contribution is 7.13. The van der Waals surface area contributed by atoms with Crippen LogP contribution in [0.15, 0.2) is 29.6 Å². The van der Waals surface area contributed by atoms with Gasteiger partial charge in [0.15, 0.2) is 0 Å². The molecule has 4 rings (SSSR count). The molecule has 1 aromatic carbocycles. The Labute approximate surface area is 174 Å². The lowest BCUT2D eigenvalue weighted by Crippen LogP contribution is -2.48. The van der Waals surface area contributed by atoms with E-state index in [1.807, 2.05) is 10.3 Å². The molecule has 2 aromatic rings. The quantitative estimate of drug-likeness (QED) is 0.670. The van der Waals surface area contributed by atoms with Crippen LogP contribution in [0.25, 0.3) is 10.6 Å². The predicted octanol–water partition coefficient (Wildman–Crippen LogP) is 1.49. The van der Waals surface area contributed by atoms with E-state index in [4.69, 9.17) is 9.72 Å². The van der Waals surface area contributed by atoms with Crippen molar-refractivity contribution in [1.29, 1.82) is 0 Å². The van der Waals surface area contributed by atoms with Crippen molar-refractivity contribution in [1.82, 2.24) is 19.7 Å². The maximum atomic E-state index is 12.6. The molecule has 0 aliphatic carbocycles. The van der Waals surface area contributed by atoms with Gasteiger partial charge in [0.1, 0.15) is 5.01 Å². The Morgan fingerprint density at radius 2 is 1.93 bits per heavy atom. The highest BCUT2D eigenvalue weighted by Crippen LogP contribution is 2.25. The summed E-state index contributed by atoms with van der Waals surface area (Å²) in [6.45, 7) is 6.85. The van der Waals surface area contributed by atoms with Crippen LogP contribution in [0.2, 0.25) is 0 Å². The molecule has 2 saturated heterocycles. The van der Waals surface area contributed by atoms with E-state index < -0.39 is 0 Å². The lowest BCUT2D eigenvalue weighted by molar-refractivity contribution is -0.134. The van der Waals surface area contributed by atoms with Crippen molar-refractivity contribution in [3.05, 3.63) is 40.9 Å². The van der Waals surface area contributed by atoms with Crippen LogP contribution in [0.3, 0.4) is 0 Å². The largest absolute Gasteiger partial charge is 0.379 e. The minimum atomic E-state index is 0.0773. The van der Waals surface area contributed by atoms with Gasteiger partial charge in [0.2, 0.25) is 12.3 Å². The van der Waals surface area contributed by atoms with Crippen LogP contribution >= 0.6 is 11.3 Å². The zero-order valence-electron chi connectivity index (χ0n) is 16.5. The van der Waals surface area contributed by atoms with Crippen LogP contribution in [0.4, 0.5) is 0 Å². The maximum absolute atomic E-state index is 12.6. The van der Waals surface area contributed by atoms with E-state index in [1.165, 1.54) is 5.56 Å². The number of hydrogen-bond acceptors (Lipinski definition) is 6. The lowest BCUT2D eigenvalue weighted by Gasteiger charge is -2.32. The first-order valence-corrected chi connectivity index (χ1v) is 10.9. The highest BCUT2D eigenvalue weighted by atomic mass is 32.1. The molecule has 0 N–H and O–H groups in total. The fourth-order valence-electron chi connectivity index (χ4n) is 3.68. The number of morpholine rings is 1. The summed E-state index contributed by atoms with van der Waals surface area (Å²) in [6.07, 6.45) is 1.16. The van der Waals surface area contributed by atoms with E-state index in [0.717, 1.165) is 55.5 Å². The monoisotopic (exact) mass is 414 g/mol. The van der Waals surface area contributed by atoms with Gasteiger partial charge in [-0.05, 0) is 11.6 Å². The molecule has 0 atom stereocenters. The molecule has 7 nitrogen and oxygen atoms in total. The number of aromatic nitrogens is 1. The van der Waals surface area contributed by atoms with Gasteiger partial charge in [-0.3, -0.25) is 14.5 Å². The number of ether oxygens (including phenoxy) is 1. The maximum Gasteiger partial charge on any atom is 0.228 e. The summed E-state index contributed by atoms with van der Waals surface area (Å²) >= 11 is 1.58. The van der Waals surface area contributed by atoms with Gasteiger partial charge in [-0.25, -0.2) is 4.98 Å². The van der Waals surface area contributed by atoms with Gasteiger partial charge in [-0.15, -0.1) is 11.3 Å². The molecular weight excluding hydrogens is 388 g/mol. The summed E-state index contributed by atoms with van der Waals surface area (Å²) in [4.78, 5) is 34.0. The molecule has 0 saturated carbocycles. The minimum absolute atomic E-state index is 0.0773. The molecule has 0 spiro atoms. The van der Waals surface area contributed by atoms with E-state index in [-0.39, 0.29) is 5.91 Å². The summed E-state index contributed by atoms with van der Waals surface area (Å²) in [5.41, 5.74) is 3.18. The van der Waals surface area contributed by atoms with Gasteiger partial charge < -0.3 is 14.5 Å². The molecule has 1 aromatic heterocycles. The van der Waals surface area contributed by atoms with E-state index in [1.54, 1.807) is 16.2 Å². The van der Waals surface area contributed by atoms with Gasteiger partial charge >= 0.3 is 0 Å². The molecule has 0 radical (unpaired) electrons. The average Bonchev–Trinajstić information content (AvgIpc) is 3.23. The summed E-state index contributed by atoms with van der Waals surface area (Å²) < 4.78 is 5.42. The molecule has 2 fully saturated rings. The second kappa shape index (κ2) is 9.47. The van der Waals surface area contributed by atoms with Gasteiger partial charge in [0.05, 0.1) is 25.3 Å². The number of carbonyl (C=O) groups excluding carboxylic acids is 2. The zero-order chi connectivity index (χ0) is 20.1. The summed E-state index contributed by atoms with van der Waals surface area (Å²) in [5, 5.41) is 2.92. The Morgan fingerprint density at radius 1 is 1.14 bits per heavy atom. The minimum Gasteiger partial charge on any atom is -0.379 e. The lowest BCUT2D eigenvalue weighted by atomic mass is 10.1. The number of rotatable bonds is 6. The predicted molar refractivity (Wildman–Crippen MR) is 112 cm³/mol. The van der Waals surface area contributed by atoms with Crippen LogP contribution in [0, 0.1) is 0 Å². The normalized spacial score (nSPS) is 18.1. The van der Waals surface area contributed by atoms with E-state index in [2.05, 4.69) is 29.2 Å². The second-order valence-electron chi connectivity index (χ2n) is 7.43. The van der Waals surface area contributed by atoms with Gasteiger partial charge in [-0.1, -0.05) is 18.2 Å². The third-order valence-corrected chi connectivity index (χ3v) is 6.32. The Bertz CT molecular complexity index is 842. The van der Waals surface area contributed by atoms with Gasteiger partial charge in [0, 0.05) is 56.8 Å². The van der Waals surface area contributed by atoms with Crippen LogP contribution in [0.1, 0.15) is 11.3 Å². The standard InChI is InChI=1S/C21H26N4O3S/c26-16-24-4-6-25(7-5-24)20(27)13-19-15-29-21(22-19)18-3-1-2-17(12-18)14-23-8-10-28-11-9-23/h1-3,12,15-16H,4-11,13-14H2. The number of nitrogens with zero attached hydrogens (tertiary/aromatic N) is 4. The highest BCUT2D eigenvalue weighted by Gasteiger charge is 2.21. The van der Waals surface area contributed by atoms with Crippen molar-refractivity contribution >= 4 is 23.7 Å². The van der Waals surface area contributed by atoms with Crippen molar-refractivity contribution in [3.63, 3.8) is 0 Å². The number of piperazine rings is 1. The molecule has 3 heterocycles. The molecule has 154 valence electrons. The number of benzene rings is 1. The molecule has 0 bridgehead atoms. The fourth-order valence-corrected chi connectivity index (χ4v) is 4.50. The average molecular weight is 415 g/mol. The SMILES string of the molecule is O=CN1CCN(C(=O)Cc2csc(-c3cccc(CN4CCOCC4)c3)n2)CC1. The first-order valence-electron chi connectivity index (χ1n) is 10.0. The number of amides is 2. The van der Waals surface area contributed by atoms with Crippen LogP contribution < -0.4 is 0 Å². The summed E-state index contributed by atoms with van der Waals surface area (Å²) in [7, 11) is 0. The first kappa shape index (κ1) is 20.0. The van der Waals surface area contributed by atoms with Crippen molar-refractivity contribution < 1.29 is 14.3 Å². The molecule has 2 aliphatic heterocycles. The van der Waals surface area contributed by atoms with Crippen molar-refractivity contribution in [2.75, 3.05) is 52.5 Å². The fraction of sp³-hybridized carbons (Fsp3) is 0.476. The number of hydrogen-bond donors (Lipinski definition) is 0. The van der Waals surface area contributed by atoms with Crippen LogP contribution in [0.5, 0.6) is 0 Å². The Hall–Kier alpha value is -2.29. The topological polar surface area (TPSA) is 66.0 Å². The molecular formula is C21H26N4O3S. The third kappa shape index (κ3) is 5.20. The van der Waals surface area contributed by atoms with E-state index in [9.17, 15) is 9.59 Å². The van der Waals surface area contributed by atoms with Crippen LogP contribution in [-0.2, 0) is 27.3 Å². The second-order valence-corrected chi connectivity index (χ2v) is 8.29. The molecule has 29 heavy (non-hydrogen) atoms. The van der Waals surface area contributed by atoms with Crippen molar-refractivity contribution in [3.8, 4) is 10.6 Å².